The van der Waals surface area contributed by atoms with Crippen LogP contribution in [0.15, 0.2) is 67.3 Å². The van der Waals surface area contributed by atoms with Crippen molar-refractivity contribution in [2.75, 3.05) is 0 Å². The molecule has 1 heterocycles. The summed E-state index contributed by atoms with van der Waals surface area (Å²) in [5.41, 5.74) is 0.0384. The number of hydrogen-bond donors (Lipinski definition) is 2. The Morgan fingerprint density at radius 2 is 1.62 bits per heavy atom. The van der Waals surface area contributed by atoms with E-state index < -0.39 is 23.6 Å². The first-order valence-electron chi connectivity index (χ1n) is 10.2. The van der Waals surface area contributed by atoms with E-state index in [0.29, 0.717) is 18.6 Å². The summed E-state index contributed by atoms with van der Waals surface area (Å²) in [4.78, 5) is 32.5. The molecule has 1 aliphatic rings. The molecule has 11 heteroatoms. The number of alkyl halides is 3. The molecule has 1 aromatic heterocycles. The molecule has 34 heavy (non-hydrogen) atoms. The van der Waals surface area contributed by atoms with Gasteiger partial charge >= 0.3 is 6.36 Å². The third kappa shape index (κ3) is 5.80. The van der Waals surface area contributed by atoms with Gasteiger partial charge in [0.15, 0.2) is 11.5 Å². The number of hydrogen-bond acceptors (Lipinski definition) is 6. The van der Waals surface area contributed by atoms with Crippen LogP contribution in [0.2, 0.25) is 0 Å². The first kappa shape index (κ1) is 23.0. The summed E-state index contributed by atoms with van der Waals surface area (Å²) in [6.07, 6.45) is 0.243. The maximum absolute atomic E-state index is 12.6. The quantitative estimate of drug-likeness (QED) is 0.518. The zero-order chi connectivity index (χ0) is 24.2. The molecular formula is C23H19F3N4O4. The van der Waals surface area contributed by atoms with Gasteiger partial charge in [0.1, 0.15) is 17.6 Å². The minimum absolute atomic E-state index is 0.0869. The number of carbonyl (C=O) groups is 2. The molecule has 3 aromatic rings. The predicted octanol–water partition coefficient (Wildman–Crippen LogP) is 3.75. The number of para-hydroxylation sites is 2. The van der Waals surface area contributed by atoms with E-state index in [1.807, 2.05) is 0 Å². The van der Waals surface area contributed by atoms with Crippen molar-refractivity contribution in [3.05, 3.63) is 78.4 Å². The number of nitrogens with zero attached hydrogens (tertiary/aromatic N) is 2. The van der Waals surface area contributed by atoms with Gasteiger partial charge in [0, 0.05) is 18.9 Å². The number of benzene rings is 2. The van der Waals surface area contributed by atoms with Crippen molar-refractivity contribution >= 4 is 11.8 Å². The fourth-order valence-electron chi connectivity index (χ4n) is 3.14. The zero-order valence-electron chi connectivity index (χ0n) is 17.6. The molecule has 1 saturated carbocycles. The Hall–Kier alpha value is -4.15. The van der Waals surface area contributed by atoms with Crippen LogP contribution in [0.1, 0.15) is 28.8 Å². The van der Waals surface area contributed by atoms with Gasteiger partial charge in [-0.2, -0.15) is 0 Å². The molecule has 2 amide bonds. The molecule has 0 radical (unpaired) electrons. The van der Waals surface area contributed by atoms with Crippen molar-refractivity contribution in [3.8, 4) is 17.2 Å². The van der Waals surface area contributed by atoms with Crippen LogP contribution in [0.25, 0.3) is 0 Å². The number of nitrogens with one attached hydrogen (secondary N) is 2. The Kier molecular flexibility index (Phi) is 6.35. The largest absolute Gasteiger partial charge is 0.573 e. The molecule has 0 saturated heterocycles. The molecule has 2 N–H and O–H groups in total. The summed E-state index contributed by atoms with van der Waals surface area (Å²) < 4.78 is 47.2. The number of carbonyl (C=O) groups excluding carboxylic acids is 2. The second kappa shape index (κ2) is 9.38. The highest BCUT2D eigenvalue weighted by Crippen LogP contribution is 2.36. The van der Waals surface area contributed by atoms with Gasteiger partial charge in [0.25, 0.3) is 5.91 Å². The van der Waals surface area contributed by atoms with E-state index in [-0.39, 0.29) is 23.8 Å². The van der Waals surface area contributed by atoms with Gasteiger partial charge in [-0.1, -0.05) is 24.3 Å². The Labute approximate surface area is 192 Å². The highest BCUT2D eigenvalue weighted by molar-refractivity contribution is 6.00. The lowest BCUT2D eigenvalue weighted by atomic mass is 10.2. The van der Waals surface area contributed by atoms with Gasteiger partial charge in [-0.25, -0.2) is 9.97 Å². The monoisotopic (exact) mass is 472 g/mol. The molecule has 0 bridgehead atoms. The molecule has 0 unspecified atom stereocenters. The summed E-state index contributed by atoms with van der Waals surface area (Å²) in [5.74, 6) is -0.980. The molecule has 1 aliphatic carbocycles. The van der Waals surface area contributed by atoms with E-state index in [9.17, 15) is 22.8 Å². The summed E-state index contributed by atoms with van der Waals surface area (Å²) in [5, 5.41) is 5.53. The minimum atomic E-state index is -4.84. The van der Waals surface area contributed by atoms with E-state index in [0.717, 1.165) is 11.6 Å². The lowest BCUT2D eigenvalue weighted by molar-refractivity contribution is -0.275. The van der Waals surface area contributed by atoms with Crippen LogP contribution in [-0.4, -0.2) is 33.7 Å². The second-order valence-electron chi connectivity index (χ2n) is 7.59. The van der Waals surface area contributed by atoms with Gasteiger partial charge < -0.3 is 20.1 Å². The minimum Gasteiger partial charge on any atom is -0.453 e. The van der Waals surface area contributed by atoms with E-state index >= 15 is 0 Å². The van der Waals surface area contributed by atoms with Crippen LogP contribution in [0, 0.1) is 0 Å². The Morgan fingerprint density at radius 1 is 0.971 bits per heavy atom. The lowest BCUT2D eigenvalue weighted by Gasteiger charge is -2.17. The van der Waals surface area contributed by atoms with Crippen LogP contribution in [-0.2, 0) is 11.3 Å². The van der Waals surface area contributed by atoms with E-state index in [1.165, 1.54) is 36.9 Å². The number of aromatic nitrogens is 2. The summed E-state index contributed by atoms with van der Waals surface area (Å²) in [7, 11) is 0. The van der Waals surface area contributed by atoms with Crippen LogP contribution in [0.5, 0.6) is 17.2 Å². The number of rotatable bonds is 8. The van der Waals surface area contributed by atoms with E-state index in [2.05, 4.69) is 25.3 Å². The molecule has 4 rings (SSSR count). The third-order valence-corrected chi connectivity index (χ3v) is 5.04. The van der Waals surface area contributed by atoms with Crippen molar-refractivity contribution in [2.24, 2.45) is 0 Å². The SMILES string of the molecule is O=C(NC1(C(=O)NCc2ccc(Oc3ccccc3OC(F)(F)F)cc2)CC1)c1cncnc1. The van der Waals surface area contributed by atoms with Crippen LogP contribution in [0.3, 0.4) is 0 Å². The van der Waals surface area contributed by atoms with Gasteiger partial charge in [0.05, 0.1) is 5.56 Å². The molecule has 1 fully saturated rings. The average Bonchev–Trinajstić information content (AvgIpc) is 3.60. The molecule has 8 nitrogen and oxygen atoms in total. The van der Waals surface area contributed by atoms with Crippen molar-refractivity contribution in [1.82, 2.24) is 20.6 Å². The highest BCUT2D eigenvalue weighted by Gasteiger charge is 2.51. The molecule has 0 atom stereocenters. The summed E-state index contributed by atoms with van der Waals surface area (Å²) in [6, 6.07) is 11.9. The zero-order valence-corrected chi connectivity index (χ0v) is 17.6. The van der Waals surface area contributed by atoms with Gasteiger partial charge in [0.2, 0.25) is 5.91 Å². The second-order valence-corrected chi connectivity index (χ2v) is 7.59. The lowest BCUT2D eigenvalue weighted by Crippen LogP contribution is -2.48. The van der Waals surface area contributed by atoms with Crippen LogP contribution < -0.4 is 20.1 Å². The maximum atomic E-state index is 12.6. The van der Waals surface area contributed by atoms with E-state index in [4.69, 9.17) is 4.74 Å². The Balaban J connectivity index is 1.32. The predicted molar refractivity (Wildman–Crippen MR) is 113 cm³/mol. The van der Waals surface area contributed by atoms with Crippen LogP contribution in [0.4, 0.5) is 13.2 Å². The van der Waals surface area contributed by atoms with Gasteiger partial charge in [-0.3, -0.25) is 9.59 Å². The molecule has 0 spiro atoms. The van der Waals surface area contributed by atoms with E-state index in [1.54, 1.807) is 24.3 Å². The number of amides is 2. The Bertz CT molecular complexity index is 1170. The summed E-state index contributed by atoms with van der Waals surface area (Å²) >= 11 is 0. The maximum Gasteiger partial charge on any atom is 0.573 e. The van der Waals surface area contributed by atoms with Crippen LogP contribution >= 0.6 is 0 Å². The third-order valence-electron chi connectivity index (χ3n) is 5.04. The first-order chi connectivity index (χ1) is 16.2. The average molecular weight is 472 g/mol. The number of ether oxygens (including phenoxy) is 2. The van der Waals surface area contributed by atoms with Crippen molar-refractivity contribution < 1.29 is 32.2 Å². The smallest absolute Gasteiger partial charge is 0.453 e. The molecule has 2 aromatic carbocycles. The molecular weight excluding hydrogens is 453 g/mol. The van der Waals surface area contributed by atoms with Crippen molar-refractivity contribution in [1.29, 1.82) is 0 Å². The normalized spacial score (nSPS) is 14.1. The molecule has 176 valence electrons. The Morgan fingerprint density at radius 3 is 2.24 bits per heavy atom. The fraction of sp³-hybridized carbons (Fsp3) is 0.217. The standard InChI is InChI=1S/C23H19F3N4O4/c24-23(25,26)34-19-4-2-1-3-18(19)33-17-7-5-15(6-8-17)11-29-21(32)22(9-10-22)30-20(31)16-12-27-14-28-13-16/h1-8,12-14H,9-11H2,(H,29,32)(H,30,31). The van der Waals surface area contributed by atoms with Crippen molar-refractivity contribution in [3.63, 3.8) is 0 Å². The van der Waals surface area contributed by atoms with Gasteiger partial charge in [-0.15, -0.1) is 13.2 Å². The van der Waals surface area contributed by atoms with Gasteiger partial charge in [-0.05, 0) is 42.7 Å². The molecule has 0 aliphatic heterocycles. The first-order valence-corrected chi connectivity index (χ1v) is 10.2. The highest BCUT2D eigenvalue weighted by atomic mass is 19.4. The number of halogens is 3. The topological polar surface area (TPSA) is 102 Å². The fourth-order valence-corrected chi connectivity index (χ4v) is 3.14. The summed E-state index contributed by atoms with van der Waals surface area (Å²) in [6.45, 7) is 0.193. The van der Waals surface area contributed by atoms with Crippen molar-refractivity contribution in [2.45, 2.75) is 31.3 Å².